The quantitative estimate of drug-likeness (QED) is 0.605. The van der Waals surface area contributed by atoms with Gasteiger partial charge in [-0.3, -0.25) is 14.3 Å². The first-order valence-electron chi connectivity index (χ1n) is 5.33. The van der Waals surface area contributed by atoms with Crippen LogP contribution in [0.15, 0.2) is 12.4 Å². The molecule has 0 aliphatic heterocycles. The number of hydrogen-bond donors (Lipinski definition) is 3. The molecule has 0 unspecified atom stereocenters. The first kappa shape index (κ1) is 13.2. The maximum Gasteiger partial charge on any atom is 0.241 e. The second-order valence-electron chi connectivity index (χ2n) is 3.50. The van der Waals surface area contributed by atoms with E-state index < -0.39 is 0 Å². The highest BCUT2D eigenvalue weighted by Crippen LogP contribution is 2.04. The zero-order valence-electron chi connectivity index (χ0n) is 9.99. The predicted octanol–water partition coefficient (Wildman–Crippen LogP) is -0.823. The van der Waals surface area contributed by atoms with Crippen LogP contribution in [0.1, 0.15) is 6.42 Å². The van der Waals surface area contributed by atoms with Crippen LogP contribution >= 0.6 is 0 Å². The summed E-state index contributed by atoms with van der Waals surface area (Å²) in [5.74, 6) is -0.222. The largest absolute Gasteiger partial charge is 0.358 e. The molecule has 1 aromatic heterocycles. The van der Waals surface area contributed by atoms with Crippen molar-refractivity contribution in [1.82, 2.24) is 20.4 Å². The average molecular weight is 239 g/mol. The van der Waals surface area contributed by atoms with Gasteiger partial charge in [0.25, 0.3) is 0 Å². The molecule has 1 aromatic rings. The van der Waals surface area contributed by atoms with Gasteiger partial charge in [-0.15, -0.1) is 0 Å². The number of aromatic nitrogens is 2. The number of rotatable bonds is 6. The summed E-state index contributed by atoms with van der Waals surface area (Å²) >= 11 is 0. The van der Waals surface area contributed by atoms with Crippen LogP contribution in [0.25, 0.3) is 0 Å². The van der Waals surface area contributed by atoms with Gasteiger partial charge in [0.2, 0.25) is 11.8 Å². The van der Waals surface area contributed by atoms with Gasteiger partial charge >= 0.3 is 0 Å². The number of carbonyl (C=O) groups excluding carboxylic acids is 2. The lowest BCUT2D eigenvalue weighted by Crippen LogP contribution is -2.23. The fraction of sp³-hybridized carbons (Fsp3) is 0.500. The molecule has 0 radical (unpaired) electrons. The molecule has 0 aliphatic rings. The van der Waals surface area contributed by atoms with Crippen LogP contribution in [0.2, 0.25) is 0 Å². The van der Waals surface area contributed by atoms with Gasteiger partial charge < -0.3 is 16.0 Å². The highest BCUT2D eigenvalue weighted by Gasteiger charge is 2.05. The lowest BCUT2D eigenvalue weighted by atomic mass is 10.4. The molecular formula is C10H17N5O2. The smallest absolute Gasteiger partial charge is 0.241 e. The number of nitrogens with one attached hydrogen (secondary N) is 3. The van der Waals surface area contributed by atoms with Crippen LogP contribution in [0.5, 0.6) is 0 Å². The summed E-state index contributed by atoms with van der Waals surface area (Å²) in [4.78, 5) is 22.5. The molecule has 7 nitrogen and oxygen atoms in total. The fourth-order valence-electron chi connectivity index (χ4n) is 1.20. The molecular weight excluding hydrogens is 222 g/mol. The Kier molecular flexibility index (Phi) is 5.15. The van der Waals surface area contributed by atoms with Gasteiger partial charge in [0, 0.05) is 26.2 Å². The van der Waals surface area contributed by atoms with E-state index in [-0.39, 0.29) is 18.4 Å². The van der Waals surface area contributed by atoms with Crippen LogP contribution < -0.4 is 16.0 Å². The van der Waals surface area contributed by atoms with E-state index in [1.807, 2.05) is 0 Å². The molecule has 0 bridgehead atoms. The minimum Gasteiger partial charge on any atom is -0.358 e. The Bertz CT molecular complexity index is 388. The summed E-state index contributed by atoms with van der Waals surface area (Å²) in [5.41, 5.74) is 0.593. The first-order valence-corrected chi connectivity index (χ1v) is 5.33. The Morgan fingerprint density at radius 2 is 2.12 bits per heavy atom. The van der Waals surface area contributed by atoms with E-state index in [1.165, 1.54) is 10.9 Å². The van der Waals surface area contributed by atoms with E-state index in [0.29, 0.717) is 18.7 Å². The monoisotopic (exact) mass is 239 g/mol. The highest BCUT2D eigenvalue weighted by atomic mass is 16.2. The van der Waals surface area contributed by atoms with Gasteiger partial charge in [0.05, 0.1) is 11.9 Å². The summed E-state index contributed by atoms with van der Waals surface area (Å²) in [5, 5.41) is 12.0. The number of amides is 2. The molecule has 3 N–H and O–H groups in total. The standard InChI is InChI=1S/C10H17N5O2/c1-11-4-3-9(16)14-8-5-13-15(6-8)7-10(17)12-2/h5-6,11H,3-4,7H2,1-2H3,(H,12,17)(H,14,16). The molecule has 0 saturated carbocycles. The maximum absolute atomic E-state index is 11.4. The molecule has 0 aliphatic carbocycles. The zero-order chi connectivity index (χ0) is 12.7. The normalized spacial score (nSPS) is 10.0. The van der Waals surface area contributed by atoms with Crippen LogP contribution in [0.4, 0.5) is 5.69 Å². The van der Waals surface area contributed by atoms with Crippen LogP contribution in [-0.4, -0.2) is 42.2 Å². The second-order valence-corrected chi connectivity index (χ2v) is 3.50. The third kappa shape index (κ3) is 4.64. The third-order valence-electron chi connectivity index (χ3n) is 2.10. The Balaban J connectivity index is 2.45. The summed E-state index contributed by atoms with van der Waals surface area (Å²) in [6, 6.07) is 0. The summed E-state index contributed by atoms with van der Waals surface area (Å²) in [6.45, 7) is 0.765. The van der Waals surface area contributed by atoms with Crippen molar-refractivity contribution in [3.05, 3.63) is 12.4 Å². The molecule has 2 amide bonds. The summed E-state index contributed by atoms with van der Waals surface area (Å²) in [6.07, 6.45) is 3.53. The molecule has 0 saturated heterocycles. The summed E-state index contributed by atoms with van der Waals surface area (Å²) < 4.78 is 1.46. The lowest BCUT2D eigenvalue weighted by Gasteiger charge is -2.01. The minimum atomic E-state index is -0.138. The minimum absolute atomic E-state index is 0.0844. The number of nitrogens with zero attached hydrogens (tertiary/aromatic N) is 2. The van der Waals surface area contributed by atoms with E-state index in [0.717, 1.165) is 0 Å². The Hall–Kier alpha value is -1.89. The van der Waals surface area contributed by atoms with E-state index >= 15 is 0 Å². The fourth-order valence-corrected chi connectivity index (χ4v) is 1.20. The van der Waals surface area contributed by atoms with Crippen LogP contribution in [-0.2, 0) is 16.1 Å². The number of likely N-dealkylation sites (N-methyl/N-ethyl adjacent to an activating group) is 1. The van der Waals surface area contributed by atoms with Crippen molar-refractivity contribution in [2.24, 2.45) is 0 Å². The van der Waals surface area contributed by atoms with Crippen molar-refractivity contribution in [2.45, 2.75) is 13.0 Å². The van der Waals surface area contributed by atoms with Crippen molar-refractivity contribution in [1.29, 1.82) is 0 Å². The molecule has 7 heteroatoms. The van der Waals surface area contributed by atoms with Crippen molar-refractivity contribution in [3.8, 4) is 0 Å². The molecule has 17 heavy (non-hydrogen) atoms. The van der Waals surface area contributed by atoms with E-state index in [9.17, 15) is 9.59 Å². The van der Waals surface area contributed by atoms with Gasteiger partial charge in [0.15, 0.2) is 0 Å². The topological polar surface area (TPSA) is 88.1 Å². The van der Waals surface area contributed by atoms with Crippen LogP contribution in [0, 0.1) is 0 Å². The van der Waals surface area contributed by atoms with E-state index in [1.54, 1.807) is 20.3 Å². The maximum atomic E-state index is 11.4. The SMILES string of the molecule is CNCCC(=O)Nc1cnn(CC(=O)NC)c1. The average Bonchev–Trinajstić information content (AvgIpc) is 2.73. The van der Waals surface area contributed by atoms with Crippen molar-refractivity contribution < 1.29 is 9.59 Å². The molecule has 94 valence electrons. The molecule has 0 atom stereocenters. The van der Waals surface area contributed by atoms with E-state index in [4.69, 9.17) is 0 Å². The van der Waals surface area contributed by atoms with Gasteiger partial charge in [-0.05, 0) is 7.05 Å². The van der Waals surface area contributed by atoms with Gasteiger partial charge in [0.1, 0.15) is 6.54 Å². The van der Waals surface area contributed by atoms with Crippen molar-refractivity contribution in [2.75, 3.05) is 26.0 Å². The van der Waals surface area contributed by atoms with E-state index in [2.05, 4.69) is 21.0 Å². The zero-order valence-corrected chi connectivity index (χ0v) is 9.99. The molecule has 0 spiro atoms. The second kappa shape index (κ2) is 6.64. The molecule has 0 aromatic carbocycles. The van der Waals surface area contributed by atoms with Crippen LogP contribution in [0.3, 0.4) is 0 Å². The third-order valence-corrected chi connectivity index (χ3v) is 2.10. The highest BCUT2D eigenvalue weighted by molar-refractivity contribution is 5.90. The van der Waals surface area contributed by atoms with Crippen molar-refractivity contribution >= 4 is 17.5 Å². The first-order chi connectivity index (χ1) is 8.15. The molecule has 1 rings (SSSR count). The predicted molar refractivity (Wildman–Crippen MR) is 63.5 cm³/mol. The number of anilines is 1. The molecule has 0 fully saturated rings. The number of carbonyl (C=O) groups is 2. The molecule has 1 heterocycles. The summed E-state index contributed by atoms with van der Waals surface area (Å²) in [7, 11) is 3.35. The Morgan fingerprint density at radius 3 is 2.76 bits per heavy atom. The Labute approximate surface area is 99.6 Å². The lowest BCUT2D eigenvalue weighted by molar-refractivity contribution is -0.121. The van der Waals surface area contributed by atoms with Gasteiger partial charge in [-0.2, -0.15) is 5.10 Å². The van der Waals surface area contributed by atoms with Gasteiger partial charge in [-0.25, -0.2) is 0 Å². The Morgan fingerprint density at radius 1 is 1.35 bits per heavy atom. The van der Waals surface area contributed by atoms with Crippen molar-refractivity contribution in [3.63, 3.8) is 0 Å². The van der Waals surface area contributed by atoms with Gasteiger partial charge in [-0.1, -0.05) is 0 Å². The number of hydrogen-bond acceptors (Lipinski definition) is 4.